The number of nitrogens with zero attached hydrogens (tertiary/aromatic N) is 4. The van der Waals surface area contributed by atoms with Crippen LogP contribution in [0.5, 0.6) is 0 Å². The molecule has 6 heterocycles. The van der Waals surface area contributed by atoms with Crippen molar-refractivity contribution in [2.24, 2.45) is 17.8 Å². The molecular weight excluding hydrogens is 525 g/mol. The van der Waals surface area contributed by atoms with Crippen LogP contribution in [0.4, 0.5) is 9.18 Å². The molecule has 3 amide bonds. The van der Waals surface area contributed by atoms with Gasteiger partial charge in [0.05, 0.1) is 18.4 Å². The number of fused-ring (bicyclic) bond motifs is 5. The molecule has 0 aromatic heterocycles. The Balaban J connectivity index is 1.36. The molecule has 12 heteroatoms. The van der Waals surface area contributed by atoms with E-state index in [1.807, 2.05) is 24.9 Å². The van der Waals surface area contributed by atoms with Gasteiger partial charge >= 0.3 is 6.03 Å². The lowest BCUT2D eigenvalue weighted by atomic mass is 9.76. The lowest BCUT2D eigenvalue weighted by Crippen LogP contribution is -2.80. The first-order valence-electron chi connectivity index (χ1n) is 15.6. The first kappa shape index (κ1) is 28.7. The first-order valence-corrected chi connectivity index (χ1v) is 15.6. The van der Waals surface area contributed by atoms with E-state index in [0.717, 1.165) is 37.9 Å². The predicted molar refractivity (Wildman–Crippen MR) is 154 cm³/mol. The van der Waals surface area contributed by atoms with Crippen molar-refractivity contribution in [3.05, 3.63) is 24.6 Å². The van der Waals surface area contributed by atoms with Gasteiger partial charge < -0.3 is 25.9 Å². The zero-order valence-electron chi connectivity index (χ0n) is 24.9. The van der Waals surface area contributed by atoms with E-state index in [2.05, 4.69) is 57.1 Å². The maximum atomic E-state index is 16.1. The summed E-state index contributed by atoms with van der Waals surface area (Å²) in [5.41, 5.74) is 7.47. The van der Waals surface area contributed by atoms with E-state index >= 15 is 4.39 Å². The van der Waals surface area contributed by atoms with Crippen molar-refractivity contribution in [2.75, 3.05) is 19.6 Å². The van der Waals surface area contributed by atoms with Crippen LogP contribution in [-0.2, 0) is 4.79 Å². The third-order valence-corrected chi connectivity index (χ3v) is 10.3. The van der Waals surface area contributed by atoms with Crippen LogP contribution in [0.15, 0.2) is 24.6 Å². The second-order valence-corrected chi connectivity index (χ2v) is 13.3. The third kappa shape index (κ3) is 5.10. The Morgan fingerprint density at radius 3 is 2.61 bits per heavy atom. The molecular formula is C29H48FN9O2. The van der Waals surface area contributed by atoms with E-state index in [0.29, 0.717) is 31.3 Å². The summed E-state index contributed by atoms with van der Waals surface area (Å²) in [7, 11) is 0. The van der Waals surface area contributed by atoms with E-state index < -0.39 is 12.3 Å². The number of hydrazine groups is 2. The molecule has 6 rings (SSSR count). The smallest absolute Gasteiger partial charge is 0.320 e. The molecule has 6 aliphatic rings. The minimum absolute atomic E-state index is 0.00314. The van der Waals surface area contributed by atoms with E-state index in [1.165, 1.54) is 6.08 Å². The largest absolute Gasteiger partial charge is 0.331 e. The molecule has 0 radical (unpaired) electrons. The molecule has 5 N–H and O–H groups in total. The highest BCUT2D eigenvalue weighted by atomic mass is 19.1. The molecule has 0 spiro atoms. The van der Waals surface area contributed by atoms with E-state index in [-0.39, 0.29) is 54.4 Å². The van der Waals surface area contributed by atoms with Crippen LogP contribution in [0.3, 0.4) is 0 Å². The fourth-order valence-corrected chi connectivity index (χ4v) is 8.58. The molecule has 0 aromatic carbocycles. The van der Waals surface area contributed by atoms with Crippen LogP contribution < -0.4 is 26.9 Å². The number of alkyl halides is 1. The number of piperidine rings is 2. The van der Waals surface area contributed by atoms with E-state index in [1.54, 1.807) is 5.01 Å². The number of amides is 3. The van der Waals surface area contributed by atoms with Gasteiger partial charge in [-0.2, -0.15) is 0 Å². The van der Waals surface area contributed by atoms with Gasteiger partial charge in [0.2, 0.25) is 5.91 Å². The summed E-state index contributed by atoms with van der Waals surface area (Å²) in [6.45, 7) is 14.3. The van der Waals surface area contributed by atoms with Crippen molar-refractivity contribution < 1.29 is 14.0 Å². The molecule has 0 aliphatic carbocycles. The lowest BCUT2D eigenvalue weighted by molar-refractivity contribution is -0.138. The monoisotopic (exact) mass is 573 g/mol. The fourth-order valence-electron chi connectivity index (χ4n) is 8.58. The number of urea groups is 1. The normalized spacial score (nSPS) is 41.5. The zero-order chi connectivity index (χ0) is 29.0. The van der Waals surface area contributed by atoms with Crippen molar-refractivity contribution in [3.63, 3.8) is 0 Å². The van der Waals surface area contributed by atoms with Crippen LogP contribution in [-0.4, -0.2) is 100 Å². The molecule has 4 saturated heterocycles. The molecule has 228 valence electrons. The van der Waals surface area contributed by atoms with Crippen molar-refractivity contribution in [1.82, 2.24) is 46.6 Å². The number of nitrogens with one attached hydrogen (secondary N) is 5. The number of rotatable bonds is 3. The SMILES string of the molecule is C=CC(=O)N1C(C)CN(C2NC(=O)N3C4NC(C(F)CC24)N2C=C(CCCC4CCNC(C(C)C)C43)NN2)CC1C. The number of halogens is 1. The summed E-state index contributed by atoms with van der Waals surface area (Å²) in [5.74, 6) is 0.450. The van der Waals surface area contributed by atoms with Gasteiger partial charge in [0.1, 0.15) is 12.3 Å². The number of carbonyl (C=O) groups is 2. The highest BCUT2D eigenvalue weighted by Gasteiger charge is 2.56. The summed E-state index contributed by atoms with van der Waals surface area (Å²) in [6, 6.07) is -0.0366. The van der Waals surface area contributed by atoms with Gasteiger partial charge in [-0.05, 0) is 70.4 Å². The maximum absolute atomic E-state index is 16.1. The van der Waals surface area contributed by atoms with Gasteiger partial charge in [0.25, 0.3) is 0 Å². The lowest BCUT2D eigenvalue weighted by Gasteiger charge is -2.59. The molecule has 10 atom stereocenters. The number of hydrogen-bond acceptors (Lipinski definition) is 8. The van der Waals surface area contributed by atoms with Crippen LogP contribution in [0.1, 0.15) is 59.8 Å². The van der Waals surface area contributed by atoms with Gasteiger partial charge in [-0.25, -0.2) is 9.18 Å². The number of allylic oxidation sites excluding steroid dienone is 1. The summed E-state index contributed by atoms with van der Waals surface area (Å²) < 4.78 is 16.1. The Hall–Kier alpha value is -2.41. The van der Waals surface area contributed by atoms with Crippen LogP contribution in [0.2, 0.25) is 0 Å². The zero-order valence-corrected chi connectivity index (χ0v) is 24.9. The molecule has 4 bridgehead atoms. The highest BCUT2D eigenvalue weighted by molar-refractivity contribution is 5.87. The summed E-state index contributed by atoms with van der Waals surface area (Å²) in [5, 5.41) is 12.6. The molecule has 6 aliphatic heterocycles. The molecule has 11 nitrogen and oxygen atoms in total. The maximum Gasteiger partial charge on any atom is 0.320 e. The van der Waals surface area contributed by atoms with Crippen LogP contribution in [0, 0.1) is 17.8 Å². The Kier molecular flexibility index (Phi) is 7.94. The van der Waals surface area contributed by atoms with Crippen LogP contribution in [0.25, 0.3) is 0 Å². The van der Waals surface area contributed by atoms with Gasteiger partial charge in [-0.3, -0.25) is 20.0 Å². The Bertz CT molecular complexity index is 1050. The fraction of sp³-hybridized carbons (Fsp3) is 0.793. The molecule has 0 saturated carbocycles. The minimum atomic E-state index is -1.15. The van der Waals surface area contributed by atoms with Gasteiger partial charge in [0.15, 0.2) is 0 Å². The second-order valence-electron chi connectivity index (χ2n) is 13.3. The molecule has 41 heavy (non-hydrogen) atoms. The van der Waals surface area contributed by atoms with Crippen LogP contribution >= 0.6 is 0 Å². The number of carbonyl (C=O) groups excluding carboxylic acids is 2. The Morgan fingerprint density at radius 2 is 1.90 bits per heavy atom. The summed E-state index contributed by atoms with van der Waals surface area (Å²) in [4.78, 5) is 33.1. The topological polar surface area (TPSA) is 107 Å². The van der Waals surface area contributed by atoms with Gasteiger partial charge in [-0.15, -0.1) is 5.53 Å². The average Bonchev–Trinajstić information content (AvgIpc) is 3.40. The third-order valence-electron chi connectivity index (χ3n) is 10.3. The quantitative estimate of drug-likeness (QED) is 0.323. The Morgan fingerprint density at radius 1 is 1.15 bits per heavy atom. The van der Waals surface area contributed by atoms with Crippen molar-refractivity contribution in [1.29, 1.82) is 0 Å². The van der Waals surface area contributed by atoms with E-state index in [9.17, 15) is 9.59 Å². The van der Waals surface area contributed by atoms with Gasteiger partial charge in [0, 0.05) is 49.0 Å². The van der Waals surface area contributed by atoms with Crippen molar-refractivity contribution >= 4 is 11.9 Å². The van der Waals surface area contributed by atoms with Crippen molar-refractivity contribution in [2.45, 2.75) is 109 Å². The molecule has 10 unspecified atom stereocenters. The predicted octanol–water partition coefficient (Wildman–Crippen LogP) is 1.40. The summed E-state index contributed by atoms with van der Waals surface area (Å²) in [6.07, 6.45) is 5.17. The second kappa shape index (κ2) is 11.3. The average molecular weight is 574 g/mol. The van der Waals surface area contributed by atoms with Gasteiger partial charge in [-0.1, -0.05) is 20.4 Å². The molecule has 0 aromatic rings. The first-order chi connectivity index (χ1) is 19.7. The van der Waals surface area contributed by atoms with Crippen molar-refractivity contribution in [3.8, 4) is 0 Å². The number of piperazine rings is 1. The van der Waals surface area contributed by atoms with E-state index in [4.69, 9.17) is 0 Å². The summed E-state index contributed by atoms with van der Waals surface area (Å²) >= 11 is 0. The standard InChI is InChI=1S/C29H48FN9O2/c1-6-23(40)38-17(4)13-36(14-18(38)5)26-21-12-22(30)28-32-27(21)39(29(41)33-26)25-19(10-11-31-24(25)16(2)3)8-7-9-20-15-37(28)35-34-20/h6,15-19,21-22,24-28,31-32,34-35H,1,7-14H2,2-5H3,(H,33,41). The number of hydrogen-bond donors (Lipinski definition) is 5. The highest BCUT2D eigenvalue weighted by Crippen LogP contribution is 2.40. The minimum Gasteiger partial charge on any atom is -0.331 e. The Labute approximate surface area is 243 Å². The molecule has 4 fully saturated rings.